The lowest BCUT2D eigenvalue weighted by Gasteiger charge is -2.10. The van der Waals surface area contributed by atoms with E-state index in [0.717, 1.165) is 28.1 Å². The summed E-state index contributed by atoms with van der Waals surface area (Å²) in [5, 5.41) is 2.87. The van der Waals surface area contributed by atoms with E-state index in [-0.39, 0.29) is 5.91 Å². The van der Waals surface area contributed by atoms with E-state index in [1.165, 1.54) is 7.11 Å². The van der Waals surface area contributed by atoms with Gasteiger partial charge in [-0.3, -0.25) is 4.79 Å². The summed E-state index contributed by atoms with van der Waals surface area (Å²) >= 11 is 0. The fraction of sp³-hybridized carbons (Fsp3) is 0.176. The fourth-order valence-electron chi connectivity index (χ4n) is 2.39. The first-order valence-corrected chi connectivity index (χ1v) is 6.77. The Kier molecular flexibility index (Phi) is 3.54. The van der Waals surface area contributed by atoms with Crippen molar-refractivity contribution in [3.63, 3.8) is 0 Å². The molecule has 1 amide bonds. The van der Waals surface area contributed by atoms with Gasteiger partial charge in [-0.1, -0.05) is 42.0 Å². The maximum atomic E-state index is 12.1. The number of benzodiazepines with no additional fused rings is 1. The molecule has 1 aliphatic heterocycles. The number of ether oxygens (including phenoxy) is 1. The molecule has 1 N–H and O–H groups in total. The number of hydrogen-bond donors (Lipinski definition) is 1. The molecule has 0 spiro atoms. The molecule has 3 rings (SSSR count). The van der Waals surface area contributed by atoms with Gasteiger partial charge in [0.1, 0.15) is 0 Å². The molecule has 106 valence electrons. The van der Waals surface area contributed by atoms with E-state index in [9.17, 15) is 4.79 Å². The molecule has 0 saturated carbocycles. The molecule has 2 aromatic carbocycles. The van der Waals surface area contributed by atoms with Crippen LogP contribution >= 0.6 is 0 Å². The highest BCUT2D eigenvalue weighted by Crippen LogP contribution is 2.25. The average Bonchev–Trinajstić information content (AvgIpc) is 2.64. The van der Waals surface area contributed by atoms with Gasteiger partial charge in [0.15, 0.2) is 0 Å². The Bertz CT molecular complexity index is 708. The standard InChI is InChI=1S/C17H16N2O2/c1-11-8-9-14-13(10-11)15(12-6-4-3-5-7-12)19-17(21-2)16(20)18-14/h3-10,17H,1-2H3,(H,18,20). The van der Waals surface area contributed by atoms with Crippen molar-refractivity contribution in [3.05, 3.63) is 65.2 Å². The predicted molar refractivity (Wildman–Crippen MR) is 82.7 cm³/mol. The van der Waals surface area contributed by atoms with E-state index in [1.807, 2.05) is 55.5 Å². The molecule has 2 aromatic rings. The Labute approximate surface area is 123 Å². The molecule has 1 unspecified atom stereocenters. The SMILES string of the molecule is COC1N=C(c2ccccc2)c2cc(C)ccc2NC1=O. The number of aliphatic imine (C=N–C) groups is 1. The topological polar surface area (TPSA) is 50.7 Å². The Morgan fingerprint density at radius 1 is 1.14 bits per heavy atom. The third-order valence-electron chi connectivity index (χ3n) is 3.43. The van der Waals surface area contributed by atoms with Crippen molar-refractivity contribution in [2.24, 2.45) is 4.99 Å². The first-order chi connectivity index (χ1) is 10.2. The fourth-order valence-corrected chi connectivity index (χ4v) is 2.39. The number of nitrogens with zero attached hydrogens (tertiary/aromatic N) is 1. The summed E-state index contributed by atoms with van der Waals surface area (Å²) in [5.41, 5.74) is 4.51. The zero-order valence-corrected chi connectivity index (χ0v) is 12.0. The smallest absolute Gasteiger partial charge is 0.276 e. The number of amides is 1. The van der Waals surface area contributed by atoms with E-state index in [1.54, 1.807) is 0 Å². The van der Waals surface area contributed by atoms with Crippen LogP contribution in [0.25, 0.3) is 0 Å². The lowest BCUT2D eigenvalue weighted by atomic mass is 9.99. The van der Waals surface area contributed by atoms with Crippen LogP contribution in [0.2, 0.25) is 0 Å². The van der Waals surface area contributed by atoms with Crippen molar-refractivity contribution in [2.75, 3.05) is 12.4 Å². The molecule has 4 heteroatoms. The van der Waals surface area contributed by atoms with Gasteiger partial charge >= 0.3 is 0 Å². The molecular weight excluding hydrogens is 264 g/mol. The second-order valence-corrected chi connectivity index (χ2v) is 4.97. The van der Waals surface area contributed by atoms with E-state index < -0.39 is 6.23 Å². The maximum Gasteiger partial charge on any atom is 0.276 e. The summed E-state index contributed by atoms with van der Waals surface area (Å²) in [5.74, 6) is -0.256. The molecule has 21 heavy (non-hydrogen) atoms. The van der Waals surface area contributed by atoms with Crippen molar-refractivity contribution in [2.45, 2.75) is 13.2 Å². The summed E-state index contributed by atoms with van der Waals surface area (Å²) in [6.45, 7) is 2.02. The highest BCUT2D eigenvalue weighted by molar-refractivity contribution is 6.19. The first kappa shape index (κ1) is 13.5. The Morgan fingerprint density at radius 2 is 1.90 bits per heavy atom. The summed E-state index contributed by atoms with van der Waals surface area (Å²) in [4.78, 5) is 16.6. The number of hydrogen-bond acceptors (Lipinski definition) is 3. The highest BCUT2D eigenvalue weighted by atomic mass is 16.5. The van der Waals surface area contributed by atoms with Gasteiger partial charge in [0.05, 0.1) is 11.4 Å². The minimum Gasteiger partial charge on any atom is -0.352 e. The minimum atomic E-state index is -0.840. The molecule has 1 atom stereocenters. The van der Waals surface area contributed by atoms with Crippen molar-refractivity contribution in [1.82, 2.24) is 0 Å². The monoisotopic (exact) mass is 280 g/mol. The van der Waals surface area contributed by atoms with Crippen LogP contribution in [-0.4, -0.2) is 25.0 Å². The quantitative estimate of drug-likeness (QED) is 0.919. The largest absolute Gasteiger partial charge is 0.352 e. The Balaban J connectivity index is 2.22. The number of anilines is 1. The van der Waals surface area contributed by atoms with Crippen LogP contribution in [0.15, 0.2) is 53.5 Å². The lowest BCUT2D eigenvalue weighted by molar-refractivity contribution is -0.125. The molecule has 1 heterocycles. The van der Waals surface area contributed by atoms with Crippen LogP contribution in [0.5, 0.6) is 0 Å². The number of aryl methyl sites for hydroxylation is 1. The van der Waals surface area contributed by atoms with Crippen LogP contribution in [0.4, 0.5) is 5.69 Å². The van der Waals surface area contributed by atoms with E-state index in [2.05, 4.69) is 10.3 Å². The molecule has 0 aliphatic carbocycles. The molecule has 0 saturated heterocycles. The van der Waals surface area contributed by atoms with Crippen LogP contribution in [0, 0.1) is 6.92 Å². The van der Waals surface area contributed by atoms with Gasteiger partial charge in [-0.2, -0.15) is 0 Å². The number of carbonyl (C=O) groups is 1. The van der Waals surface area contributed by atoms with Gasteiger partial charge in [0.25, 0.3) is 5.91 Å². The van der Waals surface area contributed by atoms with Gasteiger partial charge in [-0.15, -0.1) is 0 Å². The third-order valence-corrected chi connectivity index (χ3v) is 3.43. The van der Waals surface area contributed by atoms with Gasteiger partial charge in [0, 0.05) is 18.2 Å². The van der Waals surface area contributed by atoms with Crippen LogP contribution in [0.1, 0.15) is 16.7 Å². The van der Waals surface area contributed by atoms with Crippen molar-refractivity contribution < 1.29 is 9.53 Å². The Hall–Kier alpha value is -2.46. The van der Waals surface area contributed by atoms with Crippen LogP contribution < -0.4 is 5.32 Å². The van der Waals surface area contributed by atoms with Gasteiger partial charge in [-0.25, -0.2) is 4.99 Å². The number of rotatable bonds is 2. The molecule has 0 bridgehead atoms. The Morgan fingerprint density at radius 3 is 2.62 bits per heavy atom. The number of nitrogens with one attached hydrogen (secondary N) is 1. The van der Waals surface area contributed by atoms with Crippen molar-refractivity contribution in [1.29, 1.82) is 0 Å². The molecular formula is C17H16N2O2. The van der Waals surface area contributed by atoms with Gasteiger partial charge in [-0.05, 0) is 19.1 Å². The van der Waals surface area contributed by atoms with Crippen molar-refractivity contribution >= 4 is 17.3 Å². The number of benzene rings is 2. The molecule has 0 fully saturated rings. The summed E-state index contributed by atoms with van der Waals surface area (Å²) < 4.78 is 5.20. The van der Waals surface area contributed by atoms with Gasteiger partial charge in [0.2, 0.25) is 6.23 Å². The number of methoxy groups -OCH3 is 1. The third kappa shape index (κ3) is 2.58. The molecule has 1 aliphatic rings. The summed E-state index contributed by atoms with van der Waals surface area (Å²) in [6.07, 6.45) is -0.840. The van der Waals surface area contributed by atoms with E-state index in [4.69, 9.17) is 4.74 Å². The first-order valence-electron chi connectivity index (χ1n) is 6.77. The summed E-state index contributed by atoms with van der Waals surface area (Å²) in [7, 11) is 1.48. The molecule has 0 aromatic heterocycles. The second-order valence-electron chi connectivity index (χ2n) is 4.97. The normalized spacial score (nSPS) is 17.5. The number of carbonyl (C=O) groups excluding carboxylic acids is 1. The average molecular weight is 280 g/mol. The summed E-state index contributed by atoms with van der Waals surface area (Å²) in [6, 6.07) is 15.7. The maximum absolute atomic E-state index is 12.1. The number of fused-ring (bicyclic) bond motifs is 1. The van der Waals surface area contributed by atoms with Crippen LogP contribution in [-0.2, 0) is 9.53 Å². The highest BCUT2D eigenvalue weighted by Gasteiger charge is 2.25. The van der Waals surface area contributed by atoms with E-state index in [0.29, 0.717) is 0 Å². The zero-order chi connectivity index (χ0) is 14.8. The molecule has 4 nitrogen and oxygen atoms in total. The minimum absolute atomic E-state index is 0.256. The van der Waals surface area contributed by atoms with Crippen molar-refractivity contribution in [3.8, 4) is 0 Å². The van der Waals surface area contributed by atoms with Crippen LogP contribution in [0.3, 0.4) is 0 Å². The van der Waals surface area contributed by atoms with Gasteiger partial charge < -0.3 is 10.1 Å². The zero-order valence-electron chi connectivity index (χ0n) is 12.0. The van der Waals surface area contributed by atoms with E-state index >= 15 is 0 Å². The lowest BCUT2D eigenvalue weighted by Crippen LogP contribution is -2.26. The molecule has 0 radical (unpaired) electrons. The second kappa shape index (κ2) is 5.50. The predicted octanol–water partition coefficient (Wildman–Crippen LogP) is 2.76.